The van der Waals surface area contributed by atoms with Crippen molar-refractivity contribution in [3.8, 4) is 0 Å². The van der Waals surface area contributed by atoms with Crippen molar-refractivity contribution in [2.24, 2.45) is 0 Å². The Labute approximate surface area is 125 Å². The van der Waals surface area contributed by atoms with E-state index in [1.54, 1.807) is 0 Å². The van der Waals surface area contributed by atoms with E-state index in [1.165, 1.54) is 70.6 Å². The predicted octanol–water partition coefficient (Wildman–Crippen LogP) is 5.24. The molecule has 2 nitrogen and oxygen atoms in total. The minimum absolute atomic E-state index is 0.0520. The van der Waals surface area contributed by atoms with Crippen molar-refractivity contribution in [3.63, 3.8) is 0 Å². The zero-order valence-electron chi connectivity index (χ0n) is 13.9. The predicted molar refractivity (Wildman–Crippen MR) is 84.1 cm³/mol. The first kappa shape index (κ1) is 16.3. The first-order chi connectivity index (χ1) is 9.58. The Hall–Kier alpha value is -0.0800. The second-order valence-corrected chi connectivity index (χ2v) is 7.38. The van der Waals surface area contributed by atoms with E-state index in [0.717, 1.165) is 6.61 Å². The molecule has 2 unspecified atom stereocenters. The van der Waals surface area contributed by atoms with Crippen LogP contribution in [0.25, 0.3) is 0 Å². The standard InChI is InChI=1S/C18H34O2/c1-4-5-10-15-19-16-11-6-7-14-18(16,3)20-17(2)12-8-9-13-17/h16H,4-15H2,1-3H3. The van der Waals surface area contributed by atoms with Gasteiger partial charge in [-0.1, -0.05) is 45.4 Å². The van der Waals surface area contributed by atoms with Gasteiger partial charge in [0.05, 0.1) is 17.3 Å². The third-order valence-electron chi connectivity index (χ3n) is 5.28. The van der Waals surface area contributed by atoms with E-state index in [9.17, 15) is 0 Å². The normalized spacial score (nSPS) is 33.5. The summed E-state index contributed by atoms with van der Waals surface area (Å²) < 4.78 is 12.9. The van der Waals surface area contributed by atoms with Gasteiger partial charge < -0.3 is 9.47 Å². The number of unbranched alkanes of at least 4 members (excludes halogenated alkanes) is 2. The van der Waals surface area contributed by atoms with Gasteiger partial charge >= 0.3 is 0 Å². The second-order valence-electron chi connectivity index (χ2n) is 7.38. The van der Waals surface area contributed by atoms with Crippen LogP contribution < -0.4 is 0 Å². The molecule has 0 spiro atoms. The summed E-state index contributed by atoms with van der Waals surface area (Å²) in [6, 6.07) is 0. The first-order valence-electron chi connectivity index (χ1n) is 8.90. The lowest BCUT2D eigenvalue weighted by Crippen LogP contribution is -2.51. The van der Waals surface area contributed by atoms with Crippen LogP contribution >= 0.6 is 0 Å². The Kier molecular flexibility index (Phi) is 5.92. The number of hydrogen-bond donors (Lipinski definition) is 0. The molecule has 118 valence electrons. The van der Waals surface area contributed by atoms with Gasteiger partial charge in [-0.25, -0.2) is 0 Å². The topological polar surface area (TPSA) is 18.5 Å². The fourth-order valence-corrected chi connectivity index (χ4v) is 4.01. The van der Waals surface area contributed by atoms with Gasteiger partial charge in [-0.05, 0) is 46.0 Å². The molecule has 2 aliphatic carbocycles. The molecule has 0 amide bonds. The highest BCUT2D eigenvalue weighted by atomic mass is 16.6. The summed E-state index contributed by atoms with van der Waals surface area (Å²) in [6.45, 7) is 7.77. The quantitative estimate of drug-likeness (QED) is 0.594. The molecule has 20 heavy (non-hydrogen) atoms. The molecule has 0 radical (unpaired) electrons. The molecule has 0 aromatic heterocycles. The van der Waals surface area contributed by atoms with Gasteiger partial charge in [-0.2, -0.15) is 0 Å². The molecule has 2 fully saturated rings. The van der Waals surface area contributed by atoms with Crippen molar-refractivity contribution < 1.29 is 9.47 Å². The van der Waals surface area contributed by atoms with E-state index in [2.05, 4.69) is 20.8 Å². The highest BCUT2D eigenvalue weighted by Gasteiger charge is 2.44. The first-order valence-corrected chi connectivity index (χ1v) is 8.90. The third-order valence-corrected chi connectivity index (χ3v) is 5.28. The van der Waals surface area contributed by atoms with Crippen LogP contribution in [-0.2, 0) is 9.47 Å². The Bertz CT molecular complexity index is 283. The zero-order valence-corrected chi connectivity index (χ0v) is 13.9. The van der Waals surface area contributed by atoms with Crippen LogP contribution in [0.5, 0.6) is 0 Å². The van der Waals surface area contributed by atoms with Crippen molar-refractivity contribution in [3.05, 3.63) is 0 Å². The van der Waals surface area contributed by atoms with Gasteiger partial charge in [0.15, 0.2) is 0 Å². The van der Waals surface area contributed by atoms with Crippen LogP contribution in [-0.4, -0.2) is 23.9 Å². The molecular formula is C18H34O2. The highest BCUT2D eigenvalue weighted by molar-refractivity contribution is 4.94. The summed E-state index contributed by atoms with van der Waals surface area (Å²) >= 11 is 0. The number of ether oxygens (including phenoxy) is 2. The average molecular weight is 282 g/mol. The Morgan fingerprint density at radius 2 is 1.65 bits per heavy atom. The maximum Gasteiger partial charge on any atom is 0.0922 e. The SMILES string of the molecule is CCCCCOC1CCCCC1(C)OC1(C)CCCC1. The van der Waals surface area contributed by atoms with Crippen molar-refractivity contribution in [1.29, 1.82) is 0 Å². The smallest absolute Gasteiger partial charge is 0.0922 e. The monoisotopic (exact) mass is 282 g/mol. The summed E-state index contributed by atoms with van der Waals surface area (Å²) in [5, 5.41) is 0. The Morgan fingerprint density at radius 3 is 2.35 bits per heavy atom. The molecule has 0 heterocycles. The molecule has 0 aliphatic heterocycles. The number of hydrogen-bond acceptors (Lipinski definition) is 2. The van der Waals surface area contributed by atoms with Crippen molar-refractivity contribution >= 4 is 0 Å². The van der Waals surface area contributed by atoms with Crippen LogP contribution in [0.4, 0.5) is 0 Å². The van der Waals surface area contributed by atoms with E-state index in [0.29, 0.717) is 6.10 Å². The van der Waals surface area contributed by atoms with Gasteiger partial charge in [0.25, 0.3) is 0 Å². The summed E-state index contributed by atoms with van der Waals surface area (Å²) in [5.41, 5.74) is 0.0562. The van der Waals surface area contributed by atoms with Gasteiger partial charge in [-0.15, -0.1) is 0 Å². The van der Waals surface area contributed by atoms with Gasteiger partial charge in [0, 0.05) is 6.61 Å². The van der Waals surface area contributed by atoms with Gasteiger partial charge in [0.2, 0.25) is 0 Å². The molecule has 2 aliphatic rings. The lowest BCUT2D eigenvalue weighted by Gasteiger charge is -2.46. The van der Waals surface area contributed by atoms with Gasteiger partial charge in [-0.3, -0.25) is 0 Å². The van der Waals surface area contributed by atoms with E-state index >= 15 is 0 Å². The summed E-state index contributed by atoms with van der Waals surface area (Å²) in [4.78, 5) is 0. The minimum Gasteiger partial charge on any atom is -0.375 e. The fourth-order valence-electron chi connectivity index (χ4n) is 4.01. The molecule has 0 aromatic rings. The van der Waals surface area contributed by atoms with Crippen molar-refractivity contribution in [1.82, 2.24) is 0 Å². The molecule has 0 saturated heterocycles. The number of rotatable bonds is 7. The fraction of sp³-hybridized carbons (Fsp3) is 1.00. The Balaban J connectivity index is 1.90. The lowest BCUT2D eigenvalue weighted by molar-refractivity contribution is -0.211. The zero-order chi connectivity index (χ0) is 14.5. The van der Waals surface area contributed by atoms with Crippen LogP contribution in [0.3, 0.4) is 0 Å². The maximum absolute atomic E-state index is 6.67. The molecule has 2 saturated carbocycles. The van der Waals surface area contributed by atoms with Crippen LogP contribution in [0.2, 0.25) is 0 Å². The largest absolute Gasteiger partial charge is 0.375 e. The van der Waals surface area contributed by atoms with Crippen LogP contribution in [0.1, 0.15) is 91.4 Å². The maximum atomic E-state index is 6.67. The van der Waals surface area contributed by atoms with Crippen LogP contribution in [0, 0.1) is 0 Å². The van der Waals surface area contributed by atoms with E-state index < -0.39 is 0 Å². The third kappa shape index (κ3) is 4.21. The highest BCUT2D eigenvalue weighted by Crippen LogP contribution is 2.42. The van der Waals surface area contributed by atoms with Gasteiger partial charge in [0.1, 0.15) is 0 Å². The van der Waals surface area contributed by atoms with Crippen molar-refractivity contribution in [2.45, 2.75) is 109 Å². The molecule has 2 atom stereocenters. The molecule has 2 rings (SSSR count). The second kappa shape index (κ2) is 7.26. The molecule has 0 aromatic carbocycles. The summed E-state index contributed by atoms with van der Waals surface area (Å²) in [7, 11) is 0. The molecular weight excluding hydrogens is 248 g/mol. The lowest BCUT2D eigenvalue weighted by atomic mass is 9.82. The van der Waals surface area contributed by atoms with Crippen molar-refractivity contribution in [2.75, 3.05) is 6.61 Å². The Morgan fingerprint density at radius 1 is 0.950 bits per heavy atom. The molecule has 0 N–H and O–H groups in total. The summed E-state index contributed by atoms with van der Waals surface area (Å²) in [6.07, 6.45) is 14.1. The molecule has 2 heteroatoms. The molecule has 0 bridgehead atoms. The summed E-state index contributed by atoms with van der Waals surface area (Å²) in [5.74, 6) is 0. The minimum atomic E-state index is -0.0520. The van der Waals surface area contributed by atoms with E-state index in [4.69, 9.17) is 9.47 Å². The van der Waals surface area contributed by atoms with E-state index in [-0.39, 0.29) is 11.2 Å². The average Bonchev–Trinajstić information content (AvgIpc) is 2.82. The van der Waals surface area contributed by atoms with E-state index in [1.807, 2.05) is 0 Å². The van der Waals surface area contributed by atoms with Crippen LogP contribution in [0.15, 0.2) is 0 Å².